The molecule has 2 saturated heterocycles. The van der Waals surface area contributed by atoms with Gasteiger partial charge in [-0.15, -0.1) is 0 Å². The molecule has 9 N–H and O–H groups in total. The topological polar surface area (TPSA) is 272 Å². The lowest BCUT2D eigenvalue weighted by atomic mass is 9.99. The molecule has 78 heavy (non-hydrogen) atoms. The van der Waals surface area contributed by atoms with E-state index in [-0.39, 0.29) is 65.4 Å². The third-order valence-corrected chi connectivity index (χ3v) is 13.8. The normalized spacial score (nSPS) is 21.4. The first-order chi connectivity index (χ1) is 37.8. The van der Waals surface area contributed by atoms with Gasteiger partial charge in [0.15, 0.2) is 12.6 Å². The predicted octanol–water partition coefficient (Wildman–Crippen LogP) is 4.45. The Balaban J connectivity index is 1.00. The smallest absolute Gasteiger partial charge is 0.410 e. The van der Waals surface area contributed by atoms with Crippen LogP contribution in [0.25, 0.3) is 0 Å². The quantitative estimate of drug-likeness (QED) is 0.0322. The Morgan fingerprint density at radius 3 is 1.53 bits per heavy atom. The average Bonchev–Trinajstić information content (AvgIpc) is 3.49. The largest absolute Gasteiger partial charge is 0.445 e. The third-order valence-electron chi connectivity index (χ3n) is 13.8. The minimum absolute atomic E-state index is 0.00499. The maximum Gasteiger partial charge on any atom is 0.410 e. The number of primary amides is 1. The fourth-order valence-electron chi connectivity index (χ4n) is 9.42. The van der Waals surface area contributed by atoms with E-state index in [0.29, 0.717) is 29.7 Å². The number of nitrogens with zero attached hydrogens (tertiary/aromatic N) is 2. The molecule has 2 aliphatic heterocycles. The SMILES string of the molecule is NC(=O)[C@H](CCc1ccc(CCCCNC(=O)OCc2ccccc2)cc1)N(CCCN(C[C@H](O)[C@@H](O)[C@@H]1OC(c2ccccc2)OC[C@H]1O)C[C@H](O)[C@@H](O)[C@@H]1OC(c2ccccc2)OC[C@H]1O)C(=O)OCc1ccccc1. The standard InChI is InChI=1S/C59H74N4O15/c60-55(70)46(30-29-41-27-25-40(26-28-41)16-13-14-31-61-58(71)75-36-42-17-5-1-6-18-42)63(59(72)76-37-43-19-7-2-8-20-43)33-15-32-62(34-47(64)51(68)53-49(66)38-73-56(77-53)44-21-9-3-10-22-44)35-48(65)52(69)54-50(67)39-74-57(78-54)45-23-11-4-12-24-45/h1-12,17-28,46-54,56-57,64-69H,13-16,29-39H2,(H2,60,70)(H,61,71)/t46-,47-,48-,49+,50+,51+,52+,53+,54+,56?,57?/m0/s1. The van der Waals surface area contributed by atoms with E-state index in [9.17, 15) is 45.0 Å². The van der Waals surface area contributed by atoms with Crippen LogP contribution < -0.4 is 11.1 Å². The number of nitrogens with two attached hydrogens (primary N) is 1. The molecular weight excluding hydrogens is 1000 g/mol. The maximum absolute atomic E-state index is 14.1. The van der Waals surface area contributed by atoms with Gasteiger partial charge in [-0.2, -0.15) is 0 Å². The van der Waals surface area contributed by atoms with Gasteiger partial charge in [0.1, 0.15) is 55.9 Å². The molecule has 0 aromatic heterocycles. The monoisotopic (exact) mass is 1080 g/mol. The van der Waals surface area contributed by atoms with Crippen molar-refractivity contribution in [1.82, 2.24) is 15.1 Å². The molecule has 420 valence electrons. The summed E-state index contributed by atoms with van der Waals surface area (Å²) in [6.07, 6.45) is -12.0. The van der Waals surface area contributed by atoms with Gasteiger partial charge in [0.25, 0.3) is 0 Å². The highest BCUT2D eigenvalue weighted by molar-refractivity contribution is 5.84. The number of aliphatic hydroxyl groups excluding tert-OH is 6. The Morgan fingerprint density at radius 2 is 1.04 bits per heavy atom. The summed E-state index contributed by atoms with van der Waals surface area (Å²) in [4.78, 5) is 42.4. The lowest BCUT2D eigenvalue weighted by molar-refractivity contribution is -0.285. The highest BCUT2D eigenvalue weighted by Gasteiger charge is 2.42. The Bertz CT molecular complexity index is 2460. The summed E-state index contributed by atoms with van der Waals surface area (Å²) in [5, 5.41) is 71.1. The number of nitrogens with one attached hydrogen (secondary N) is 1. The predicted molar refractivity (Wildman–Crippen MR) is 286 cm³/mol. The van der Waals surface area contributed by atoms with Gasteiger partial charge >= 0.3 is 12.2 Å². The molecule has 2 aliphatic rings. The first-order valence-electron chi connectivity index (χ1n) is 26.6. The molecule has 0 bridgehead atoms. The highest BCUT2D eigenvalue weighted by Crippen LogP contribution is 2.31. The third kappa shape index (κ3) is 18.1. The highest BCUT2D eigenvalue weighted by atomic mass is 16.7. The molecule has 0 aliphatic carbocycles. The number of rotatable bonds is 28. The van der Waals surface area contributed by atoms with Crippen molar-refractivity contribution in [2.24, 2.45) is 5.73 Å². The number of hydrogen-bond donors (Lipinski definition) is 8. The molecule has 5 aromatic carbocycles. The molecule has 0 spiro atoms. The van der Waals surface area contributed by atoms with E-state index in [2.05, 4.69) is 5.32 Å². The van der Waals surface area contributed by atoms with Crippen LogP contribution >= 0.6 is 0 Å². The van der Waals surface area contributed by atoms with Crippen molar-refractivity contribution in [3.8, 4) is 0 Å². The molecule has 0 saturated carbocycles. The number of unbranched alkanes of at least 4 members (excludes halogenated alkanes) is 1. The Morgan fingerprint density at radius 1 is 0.577 bits per heavy atom. The molecule has 19 heteroatoms. The van der Waals surface area contributed by atoms with Crippen LogP contribution in [0.1, 0.15) is 71.6 Å². The van der Waals surface area contributed by atoms with Gasteiger partial charge in [-0.05, 0) is 60.8 Å². The molecule has 0 radical (unpaired) electrons. The number of carbonyl (C=O) groups is 3. The van der Waals surface area contributed by atoms with E-state index < -0.39 is 85.5 Å². The van der Waals surface area contributed by atoms with Crippen molar-refractivity contribution in [2.45, 2.75) is 119 Å². The van der Waals surface area contributed by atoms with Crippen molar-refractivity contribution < 1.29 is 73.4 Å². The molecule has 3 amide bonds. The second-order valence-electron chi connectivity index (χ2n) is 19.7. The van der Waals surface area contributed by atoms with Gasteiger partial charge in [-0.3, -0.25) is 14.6 Å². The summed E-state index contributed by atoms with van der Waals surface area (Å²) in [6.45, 7) is -0.577. The van der Waals surface area contributed by atoms with Crippen molar-refractivity contribution in [3.63, 3.8) is 0 Å². The first kappa shape index (κ1) is 59.3. The number of alkyl carbamates (subject to hydrolysis) is 1. The van der Waals surface area contributed by atoms with E-state index in [0.717, 1.165) is 36.0 Å². The van der Waals surface area contributed by atoms with Crippen LogP contribution in [-0.2, 0) is 59.3 Å². The van der Waals surface area contributed by atoms with Crippen molar-refractivity contribution in [1.29, 1.82) is 0 Å². The number of amides is 3. The minimum atomic E-state index is -1.67. The van der Waals surface area contributed by atoms with Crippen LogP contribution in [0.2, 0.25) is 0 Å². The van der Waals surface area contributed by atoms with Crippen LogP contribution in [0, 0.1) is 0 Å². The van der Waals surface area contributed by atoms with Crippen molar-refractivity contribution in [2.75, 3.05) is 45.9 Å². The van der Waals surface area contributed by atoms with E-state index in [1.165, 1.54) is 4.90 Å². The summed E-state index contributed by atoms with van der Waals surface area (Å²) < 4.78 is 34.4. The van der Waals surface area contributed by atoms with Crippen molar-refractivity contribution >= 4 is 18.1 Å². The summed E-state index contributed by atoms with van der Waals surface area (Å²) in [5.41, 5.74) is 10.9. The number of aryl methyl sites for hydroxylation is 2. The first-order valence-corrected chi connectivity index (χ1v) is 26.6. The van der Waals surface area contributed by atoms with E-state index in [4.69, 9.17) is 34.2 Å². The zero-order valence-corrected chi connectivity index (χ0v) is 43.6. The molecule has 2 fully saturated rings. The number of hydrogen-bond acceptors (Lipinski definition) is 16. The van der Waals surface area contributed by atoms with Crippen LogP contribution in [-0.4, -0.2) is 159 Å². The molecule has 11 atom stereocenters. The van der Waals surface area contributed by atoms with Gasteiger partial charge in [-0.1, -0.05) is 146 Å². The van der Waals surface area contributed by atoms with E-state index in [1.807, 2.05) is 72.8 Å². The van der Waals surface area contributed by atoms with Gasteiger partial charge < -0.3 is 70.1 Å². The average molecular weight is 1080 g/mol. The van der Waals surface area contributed by atoms with Gasteiger partial charge in [0.05, 0.1) is 25.4 Å². The lowest BCUT2D eigenvalue weighted by Gasteiger charge is -2.40. The Kier molecular flexibility index (Phi) is 23.4. The van der Waals surface area contributed by atoms with Crippen molar-refractivity contribution in [3.05, 3.63) is 179 Å². The lowest BCUT2D eigenvalue weighted by Crippen LogP contribution is -2.56. The summed E-state index contributed by atoms with van der Waals surface area (Å²) in [7, 11) is 0. The van der Waals surface area contributed by atoms with Gasteiger partial charge in [-0.25, -0.2) is 9.59 Å². The molecular formula is C59H74N4O15. The second kappa shape index (κ2) is 30.7. The maximum atomic E-state index is 14.1. The number of benzene rings is 5. The minimum Gasteiger partial charge on any atom is -0.445 e. The Labute approximate surface area is 455 Å². The second-order valence-corrected chi connectivity index (χ2v) is 19.7. The zero-order valence-electron chi connectivity index (χ0n) is 43.6. The summed E-state index contributed by atoms with van der Waals surface area (Å²) in [6, 6.07) is 43.1. The zero-order chi connectivity index (χ0) is 55.2. The Hall–Kier alpha value is -6.33. The van der Waals surface area contributed by atoms with Gasteiger partial charge in [0.2, 0.25) is 5.91 Å². The van der Waals surface area contributed by atoms with Crippen LogP contribution in [0.4, 0.5) is 9.59 Å². The molecule has 2 unspecified atom stereocenters. The molecule has 2 heterocycles. The summed E-state index contributed by atoms with van der Waals surface area (Å²) in [5.74, 6) is -0.762. The number of ether oxygens (including phenoxy) is 6. The molecule has 7 rings (SSSR count). The summed E-state index contributed by atoms with van der Waals surface area (Å²) >= 11 is 0. The van der Waals surface area contributed by atoms with E-state index in [1.54, 1.807) is 77.7 Å². The fourth-order valence-corrected chi connectivity index (χ4v) is 9.42. The fraction of sp³-hybridized carbons (Fsp3) is 0.441. The number of carbonyl (C=O) groups excluding carboxylic acids is 3. The molecule has 19 nitrogen and oxygen atoms in total. The molecule has 5 aromatic rings. The van der Waals surface area contributed by atoms with Gasteiger partial charge in [0, 0.05) is 43.9 Å². The number of aliphatic hydroxyl groups is 6. The van der Waals surface area contributed by atoms with Crippen LogP contribution in [0.15, 0.2) is 146 Å². The van der Waals surface area contributed by atoms with E-state index >= 15 is 0 Å². The van der Waals surface area contributed by atoms with Crippen LogP contribution in [0.3, 0.4) is 0 Å². The van der Waals surface area contributed by atoms with Crippen LogP contribution in [0.5, 0.6) is 0 Å².